The summed E-state index contributed by atoms with van der Waals surface area (Å²) in [5.74, 6) is -0.846. The number of carbonyl (C=O) groups is 2. The number of aryl methyl sites for hydroxylation is 1. The van der Waals surface area contributed by atoms with Gasteiger partial charge < -0.3 is 24.5 Å². The molecule has 7 nitrogen and oxygen atoms in total. The third-order valence-electron chi connectivity index (χ3n) is 5.99. The first-order valence-electron chi connectivity index (χ1n) is 11.5. The lowest BCUT2D eigenvalue weighted by Crippen LogP contribution is -2.33. The van der Waals surface area contributed by atoms with E-state index in [1.807, 2.05) is 52.0 Å². The summed E-state index contributed by atoms with van der Waals surface area (Å²) < 4.78 is 11.3. The minimum absolute atomic E-state index is 0.00445. The van der Waals surface area contributed by atoms with Gasteiger partial charge in [0.2, 0.25) is 0 Å². The molecule has 1 aliphatic heterocycles. The number of nitrogens with one attached hydrogen (secondary N) is 1. The summed E-state index contributed by atoms with van der Waals surface area (Å²) in [4.78, 5) is 31.1. The van der Waals surface area contributed by atoms with Gasteiger partial charge in [-0.25, -0.2) is 0 Å². The quantitative estimate of drug-likeness (QED) is 0.287. The summed E-state index contributed by atoms with van der Waals surface area (Å²) in [5.41, 5.74) is 3.00. The fourth-order valence-electron chi connectivity index (χ4n) is 4.41. The first-order chi connectivity index (χ1) is 16.3. The summed E-state index contributed by atoms with van der Waals surface area (Å²) in [6, 6.07) is 12.2. The van der Waals surface area contributed by atoms with Gasteiger partial charge in [0.25, 0.3) is 11.7 Å². The molecule has 2 heterocycles. The molecule has 0 bridgehead atoms. The standard InChI is InChI=1S/C27H30N2O5/c1-5-33-22-11-10-18(14-17(22)4)25(30)23-24(20-15-28-21-9-7-6-8-19(20)21)29(27(32)26(23)31)12-13-34-16(2)3/h6-11,14-16,24,28,30H,5,12-13H2,1-4H3/b25-23+. The molecular formula is C27H30N2O5. The van der Waals surface area contributed by atoms with Crippen LogP contribution < -0.4 is 4.74 Å². The first-order valence-corrected chi connectivity index (χ1v) is 11.5. The van der Waals surface area contributed by atoms with Crippen LogP contribution in [-0.2, 0) is 14.3 Å². The van der Waals surface area contributed by atoms with Crippen LogP contribution in [0.3, 0.4) is 0 Å². The van der Waals surface area contributed by atoms with E-state index in [1.54, 1.807) is 24.4 Å². The Morgan fingerprint density at radius 3 is 2.65 bits per heavy atom. The number of hydrogen-bond donors (Lipinski definition) is 2. The third-order valence-corrected chi connectivity index (χ3v) is 5.99. The molecule has 3 aromatic rings. The second-order valence-corrected chi connectivity index (χ2v) is 8.61. The van der Waals surface area contributed by atoms with Crippen LogP contribution in [0.15, 0.2) is 54.2 Å². The van der Waals surface area contributed by atoms with Gasteiger partial charge in [0.15, 0.2) is 0 Å². The lowest BCUT2D eigenvalue weighted by molar-refractivity contribution is -0.140. The van der Waals surface area contributed by atoms with Crippen LogP contribution >= 0.6 is 0 Å². The Morgan fingerprint density at radius 1 is 1.18 bits per heavy atom. The molecule has 2 aromatic carbocycles. The lowest BCUT2D eigenvalue weighted by atomic mass is 9.94. The Labute approximate surface area is 199 Å². The molecule has 34 heavy (non-hydrogen) atoms. The highest BCUT2D eigenvalue weighted by molar-refractivity contribution is 6.46. The zero-order chi connectivity index (χ0) is 24.4. The van der Waals surface area contributed by atoms with E-state index in [-0.39, 0.29) is 30.6 Å². The van der Waals surface area contributed by atoms with Crippen LogP contribution in [0.4, 0.5) is 0 Å². The van der Waals surface area contributed by atoms with Crippen molar-refractivity contribution in [3.8, 4) is 5.75 Å². The average molecular weight is 463 g/mol. The second kappa shape index (κ2) is 9.73. The number of ketones is 1. The van der Waals surface area contributed by atoms with Gasteiger partial charge in [-0.1, -0.05) is 18.2 Å². The van der Waals surface area contributed by atoms with E-state index in [4.69, 9.17) is 9.47 Å². The molecule has 0 spiro atoms. The Hall–Kier alpha value is -3.58. The summed E-state index contributed by atoms with van der Waals surface area (Å²) in [6.45, 7) is 8.65. The smallest absolute Gasteiger partial charge is 0.295 e. The van der Waals surface area contributed by atoms with Crippen LogP contribution in [-0.4, -0.2) is 52.5 Å². The fraction of sp³-hybridized carbons (Fsp3) is 0.333. The molecule has 1 aliphatic rings. The summed E-state index contributed by atoms with van der Waals surface area (Å²) in [6.07, 6.45) is 1.80. The first kappa shape index (κ1) is 23.6. The van der Waals surface area contributed by atoms with E-state index in [2.05, 4.69) is 4.98 Å². The number of rotatable bonds is 8. The third kappa shape index (κ3) is 4.31. The highest BCUT2D eigenvalue weighted by Crippen LogP contribution is 2.42. The average Bonchev–Trinajstić information content (AvgIpc) is 3.34. The van der Waals surface area contributed by atoms with Gasteiger partial charge in [-0.05, 0) is 57.5 Å². The number of nitrogens with zero attached hydrogens (tertiary/aromatic N) is 1. The number of Topliss-reactive ketones (excluding diaryl/α,β-unsaturated/α-hetero) is 1. The van der Waals surface area contributed by atoms with Crippen molar-refractivity contribution >= 4 is 28.4 Å². The highest BCUT2D eigenvalue weighted by atomic mass is 16.5. The van der Waals surface area contributed by atoms with Gasteiger partial charge in [-0.2, -0.15) is 0 Å². The second-order valence-electron chi connectivity index (χ2n) is 8.61. The Morgan fingerprint density at radius 2 is 1.94 bits per heavy atom. The SMILES string of the molecule is CCOc1ccc(/C(O)=C2\C(=O)C(=O)N(CCOC(C)C)C2c2c[nH]c3ccccc23)cc1C. The van der Waals surface area contributed by atoms with E-state index >= 15 is 0 Å². The molecule has 1 unspecified atom stereocenters. The Balaban J connectivity index is 1.84. The van der Waals surface area contributed by atoms with Crippen molar-refractivity contribution in [2.75, 3.05) is 19.8 Å². The number of hydrogen-bond acceptors (Lipinski definition) is 5. The molecule has 1 atom stereocenters. The zero-order valence-electron chi connectivity index (χ0n) is 19.9. The molecule has 1 saturated heterocycles. The zero-order valence-corrected chi connectivity index (χ0v) is 19.9. The van der Waals surface area contributed by atoms with Gasteiger partial charge in [0, 0.05) is 34.8 Å². The molecule has 0 aliphatic carbocycles. The normalized spacial score (nSPS) is 17.8. The van der Waals surface area contributed by atoms with Crippen molar-refractivity contribution in [1.82, 2.24) is 9.88 Å². The number of amides is 1. The number of fused-ring (bicyclic) bond motifs is 1. The summed E-state index contributed by atoms with van der Waals surface area (Å²) >= 11 is 0. The van der Waals surface area contributed by atoms with E-state index in [0.717, 1.165) is 22.0 Å². The molecule has 0 saturated carbocycles. The Bertz CT molecular complexity index is 1260. The van der Waals surface area contributed by atoms with Crippen molar-refractivity contribution < 1.29 is 24.2 Å². The lowest BCUT2D eigenvalue weighted by Gasteiger charge is -2.25. The van der Waals surface area contributed by atoms with Gasteiger partial charge in [0.1, 0.15) is 11.5 Å². The number of aliphatic hydroxyl groups is 1. The van der Waals surface area contributed by atoms with Crippen LogP contribution in [0.5, 0.6) is 5.75 Å². The van der Waals surface area contributed by atoms with E-state index in [9.17, 15) is 14.7 Å². The number of H-pyrrole nitrogens is 1. The largest absolute Gasteiger partial charge is 0.507 e. The van der Waals surface area contributed by atoms with E-state index < -0.39 is 17.7 Å². The molecule has 1 aromatic heterocycles. The Kier molecular flexibility index (Phi) is 6.75. The number of likely N-dealkylation sites (tertiary alicyclic amines) is 1. The van der Waals surface area contributed by atoms with Crippen molar-refractivity contribution in [3.05, 3.63) is 70.9 Å². The van der Waals surface area contributed by atoms with Crippen LogP contribution in [0.1, 0.15) is 43.5 Å². The number of para-hydroxylation sites is 1. The molecular weight excluding hydrogens is 432 g/mol. The molecule has 178 valence electrons. The van der Waals surface area contributed by atoms with Crippen molar-refractivity contribution in [2.45, 2.75) is 39.8 Å². The monoisotopic (exact) mass is 462 g/mol. The maximum atomic E-state index is 13.2. The maximum absolute atomic E-state index is 13.2. The predicted octanol–water partition coefficient (Wildman–Crippen LogP) is 4.72. The number of benzene rings is 2. The van der Waals surface area contributed by atoms with Crippen LogP contribution in [0.2, 0.25) is 0 Å². The molecule has 1 amide bonds. The van der Waals surface area contributed by atoms with Gasteiger partial charge >= 0.3 is 0 Å². The van der Waals surface area contributed by atoms with E-state index in [1.165, 1.54) is 4.90 Å². The topological polar surface area (TPSA) is 91.9 Å². The predicted molar refractivity (Wildman–Crippen MR) is 131 cm³/mol. The maximum Gasteiger partial charge on any atom is 0.295 e. The molecule has 2 N–H and O–H groups in total. The summed E-state index contributed by atoms with van der Waals surface area (Å²) in [5, 5.41) is 12.2. The highest BCUT2D eigenvalue weighted by Gasteiger charge is 2.46. The van der Waals surface area contributed by atoms with Crippen molar-refractivity contribution in [1.29, 1.82) is 0 Å². The number of aromatic amines is 1. The fourth-order valence-corrected chi connectivity index (χ4v) is 4.41. The van der Waals surface area contributed by atoms with Gasteiger partial charge in [-0.3, -0.25) is 9.59 Å². The van der Waals surface area contributed by atoms with Gasteiger partial charge in [0.05, 0.1) is 30.9 Å². The van der Waals surface area contributed by atoms with Crippen molar-refractivity contribution in [2.24, 2.45) is 0 Å². The summed E-state index contributed by atoms with van der Waals surface area (Å²) in [7, 11) is 0. The minimum Gasteiger partial charge on any atom is -0.507 e. The molecule has 7 heteroatoms. The molecule has 0 radical (unpaired) electrons. The van der Waals surface area contributed by atoms with Gasteiger partial charge in [-0.15, -0.1) is 0 Å². The molecule has 4 rings (SSSR count). The number of carbonyl (C=O) groups excluding carboxylic acids is 2. The number of aromatic nitrogens is 1. The number of aliphatic hydroxyl groups excluding tert-OH is 1. The molecule has 1 fully saturated rings. The van der Waals surface area contributed by atoms with E-state index in [0.29, 0.717) is 17.9 Å². The van der Waals surface area contributed by atoms with Crippen LogP contribution in [0, 0.1) is 6.92 Å². The van der Waals surface area contributed by atoms with Crippen LogP contribution in [0.25, 0.3) is 16.7 Å². The minimum atomic E-state index is -0.737. The number of ether oxygens (including phenoxy) is 2. The van der Waals surface area contributed by atoms with Crippen molar-refractivity contribution in [3.63, 3.8) is 0 Å².